The van der Waals surface area contributed by atoms with E-state index < -0.39 is 0 Å². The van der Waals surface area contributed by atoms with Gasteiger partial charge in [0.05, 0.1) is 17.9 Å². The molecule has 4 rings (SSSR count). The Morgan fingerprint density at radius 1 is 1.00 bits per heavy atom. The Bertz CT molecular complexity index is 1050. The van der Waals surface area contributed by atoms with E-state index in [1.165, 1.54) is 6.33 Å². The molecule has 0 aliphatic heterocycles. The fourth-order valence-electron chi connectivity index (χ4n) is 2.55. The molecule has 0 aliphatic rings. The average molecular weight is 357 g/mol. The number of nitrogens with one attached hydrogen (secondary N) is 1. The first-order valence-electron chi connectivity index (χ1n) is 8.31. The van der Waals surface area contributed by atoms with Crippen molar-refractivity contribution in [1.82, 2.24) is 25.4 Å². The Balaban J connectivity index is 1.43. The molecule has 1 N–H and O–H groups in total. The Hall–Kier alpha value is -3.87. The van der Waals surface area contributed by atoms with Crippen LogP contribution in [0.3, 0.4) is 0 Å². The van der Waals surface area contributed by atoms with Gasteiger partial charge in [-0.2, -0.15) is 0 Å². The van der Waals surface area contributed by atoms with Crippen LogP contribution in [0.5, 0.6) is 0 Å². The lowest BCUT2D eigenvalue weighted by Gasteiger charge is -2.05. The minimum atomic E-state index is -0.339. The summed E-state index contributed by atoms with van der Waals surface area (Å²) in [6, 6.07) is 16.8. The molecule has 3 aromatic heterocycles. The second-order valence-corrected chi connectivity index (χ2v) is 5.76. The van der Waals surface area contributed by atoms with Gasteiger partial charge in [-0.25, -0.2) is 9.97 Å². The molecule has 1 amide bonds. The van der Waals surface area contributed by atoms with Crippen LogP contribution in [-0.2, 0) is 6.54 Å². The number of aromatic nitrogens is 4. The van der Waals surface area contributed by atoms with Gasteiger partial charge in [-0.3, -0.25) is 9.78 Å². The Morgan fingerprint density at radius 2 is 1.85 bits per heavy atom. The van der Waals surface area contributed by atoms with Crippen LogP contribution in [0, 0.1) is 0 Å². The molecule has 4 aromatic rings. The van der Waals surface area contributed by atoms with Crippen molar-refractivity contribution in [1.29, 1.82) is 0 Å². The van der Waals surface area contributed by atoms with Crippen LogP contribution in [0.25, 0.3) is 22.6 Å². The number of carbonyl (C=O) groups excluding carboxylic acids is 1. The Labute approximate surface area is 155 Å². The highest BCUT2D eigenvalue weighted by Gasteiger charge is 2.14. The van der Waals surface area contributed by atoms with Crippen molar-refractivity contribution in [3.05, 3.63) is 84.7 Å². The molecule has 0 atom stereocenters. The van der Waals surface area contributed by atoms with Gasteiger partial charge in [-0.05, 0) is 18.2 Å². The second-order valence-electron chi connectivity index (χ2n) is 5.76. The van der Waals surface area contributed by atoms with Gasteiger partial charge >= 0.3 is 0 Å². The van der Waals surface area contributed by atoms with Crippen LogP contribution in [0.15, 0.2) is 77.8 Å². The summed E-state index contributed by atoms with van der Waals surface area (Å²) in [6.45, 7) is 0.260. The van der Waals surface area contributed by atoms with Crippen LogP contribution < -0.4 is 5.32 Å². The number of hydrogen-bond acceptors (Lipinski definition) is 6. The molecule has 7 nitrogen and oxygen atoms in total. The van der Waals surface area contributed by atoms with E-state index in [-0.39, 0.29) is 18.1 Å². The van der Waals surface area contributed by atoms with Crippen LogP contribution in [-0.4, -0.2) is 26.0 Å². The molecule has 0 unspecified atom stereocenters. The number of pyridine rings is 1. The first-order valence-corrected chi connectivity index (χ1v) is 8.31. The maximum atomic E-state index is 12.3. The van der Waals surface area contributed by atoms with E-state index in [1.807, 2.05) is 42.5 Å². The fourth-order valence-corrected chi connectivity index (χ4v) is 2.55. The minimum Gasteiger partial charge on any atom is -0.355 e. The Kier molecular flexibility index (Phi) is 4.65. The molecule has 27 heavy (non-hydrogen) atoms. The molecule has 132 valence electrons. The third-order valence-corrected chi connectivity index (χ3v) is 3.91. The first-order chi connectivity index (χ1) is 13.3. The zero-order chi connectivity index (χ0) is 18.5. The highest BCUT2D eigenvalue weighted by molar-refractivity contribution is 5.93. The largest absolute Gasteiger partial charge is 0.355 e. The molecule has 0 saturated heterocycles. The quantitative estimate of drug-likeness (QED) is 0.590. The first kappa shape index (κ1) is 16.6. The normalized spacial score (nSPS) is 10.5. The number of hydrogen-bond donors (Lipinski definition) is 1. The number of carbonyl (C=O) groups is 1. The predicted octanol–water partition coefficient (Wildman–Crippen LogP) is 3.12. The highest BCUT2D eigenvalue weighted by atomic mass is 16.5. The fraction of sp³-hybridized carbons (Fsp3) is 0.0500. The zero-order valence-corrected chi connectivity index (χ0v) is 14.2. The molecular formula is C20H15N5O2. The van der Waals surface area contributed by atoms with Gasteiger partial charge in [-0.1, -0.05) is 35.5 Å². The van der Waals surface area contributed by atoms with E-state index in [0.29, 0.717) is 11.5 Å². The van der Waals surface area contributed by atoms with Gasteiger partial charge in [0, 0.05) is 29.6 Å². The molecule has 1 aromatic carbocycles. The highest BCUT2D eigenvalue weighted by Crippen LogP contribution is 2.19. The van der Waals surface area contributed by atoms with Crippen molar-refractivity contribution in [2.75, 3.05) is 0 Å². The van der Waals surface area contributed by atoms with E-state index in [2.05, 4.69) is 25.4 Å². The van der Waals surface area contributed by atoms with Gasteiger partial charge in [0.1, 0.15) is 6.33 Å². The summed E-state index contributed by atoms with van der Waals surface area (Å²) in [5.41, 5.74) is 3.45. The van der Waals surface area contributed by atoms with Gasteiger partial charge in [-0.15, -0.1) is 0 Å². The van der Waals surface area contributed by atoms with Crippen molar-refractivity contribution >= 4 is 5.91 Å². The standard InChI is InChI=1S/C20H15N5O2/c26-20(18-10-19(27-25-18)15-7-4-8-21-11-15)22-12-16-9-17(24-13-23-16)14-5-2-1-3-6-14/h1-11,13H,12H2,(H,22,26). The maximum absolute atomic E-state index is 12.3. The predicted molar refractivity (Wildman–Crippen MR) is 98.4 cm³/mol. The average Bonchev–Trinajstić information content (AvgIpc) is 3.24. The summed E-state index contributed by atoms with van der Waals surface area (Å²) in [4.78, 5) is 24.8. The zero-order valence-electron chi connectivity index (χ0n) is 14.2. The molecule has 3 heterocycles. The summed E-state index contributed by atoms with van der Waals surface area (Å²) in [5, 5.41) is 6.61. The smallest absolute Gasteiger partial charge is 0.273 e. The summed E-state index contributed by atoms with van der Waals surface area (Å²) in [5.74, 6) is 0.149. The topological polar surface area (TPSA) is 93.8 Å². The summed E-state index contributed by atoms with van der Waals surface area (Å²) in [6.07, 6.45) is 4.80. The van der Waals surface area contributed by atoms with E-state index in [0.717, 1.165) is 16.8 Å². The number of amides is 1. The third kappa shape index (κ3) is 3.87. The molecule has 0 radical (unpaired) electrons. The lowest BCUT2D eigenvalue weighted by molar-refractivity contribution is 0.0941. The summed E-state index contributed by atoms with van der Waals surface area (Å²) < 4.78 is 5.22. The lowest BCUT2D eigenvalue weighted by atomic mass is 10.1. The van der Waals surface area contributed by atoms with Crippen LogP contribution in [0.2, 0.25) is 0 Å². The van der Waals surface area contributed by atoms with Crippen molar-refractivity contribution in [2.24, 2.45) is 0 Å². The van der Waals surface area contributed by atoms with Crippen molar-refractivity contribution < 1.29 is 9.32 Å². The van der Waals surface area contributed by atoms with Gasteiger partial charge in [0.2, 0.25) is 0 Å². The van der Waals surface area contributed by atoms with Gasteiger partial charge in [0.25, 0.3) is 5.91 Å². The van der Waals surface area contributed by atoms with E-state index >= 15 is 0 Å². The third-order valence-electron chi connectivity index (χ3n) is 3.91. The van der Waals surface area contributed by atoms with Crippen LogP contribution >= 0.6 is 0 Å². The summed E-state index contributed by atoms with van der Waals surface area (Å²) in [7, 11) is 0. The number of nitrogens with zero attached hydrogens (tertiary/aromatic N) is 4. The lowest BCUT2D eigenvalue weighted by Crippen LogP contribution is -2.23. The number of rotatable bonds is 5. The maximum Gasteiger partial charge on any atom is 0.273 e. The van der Waals surface area contributed by atoms with Crippen LogP contribution in [0.1, 0.15) is 16.2 Å². The molecular weight excluding hydrogens is 342 g/mol. The molecule has 0 aliphatic carbocycles. The molecule has 7 heteroatoms. The van der Waals surface area contributed by atoms with E-state index in [4.69, 9.17) is 4.52 Å². The van der Waals surface area contributed by atoms with Crippen molar-refractivity contribution in [2.45, 2.75) is 6.54 Å². The van der Waals surface area contributed by atoms with Gasteiger partial charge < -0.3 is 9.84 Å². The molecule has 0 fully saturated rings. The Morgan fingerprint density at radius 3 is 2.67 bits per heavy atom. The molecule has 0 bridgehead atoms. The van der Waals surface area contributed by atoms with Gasteiger partial charge in [0.15, 0.2) is 11.5 Å². The van der Waals surface area contributed by atoms with Crippen molar-refractivity contribution in [3.8, 4) is 22.6 Å². The SMILES string of the molecule is O=C(NCc1cc(-c2ccccc2)ncn1)c1cc(-c2cccnc2)on1. The summed E-state index contributed by atoms with van der Waals surface area (Å²) >= 11 is 0. The van der Waals surface area contributed by atoms with Crippen LogP contribution in [0.4, 0.5) is 0 Å². The molecule has 0 saturated carbocycles. The second kappa shape index (κ2) is 7.57. The monoisotopic (exact) mass is 357 g/mol. The minimum absolute atomic E-state index is 0.200. The van der Waals surface area contributed by atoms with E-state index in [9.17, 15) is 4.79 Å². The molecule has 0 spiro atoms. The van der Waals surface area contributed by atoms with Crippen molar-refractivity contribution in [3.63, 3.8) is 0 Å². The number of benzene rings is 1. The van der Waals surface area contributed by atoms with E-state index in [1.54, 1.807) is 24.5 Å².